The van der Waals surface area contributed by atoms with Crippen molar-refractivity contribution >= 4 is 11.9 Å². The summed E-state index contributed by atoms with van der Waals surface area (Å²) >= 11 is 0. The van der Waals surface area contributed by atoms with Crippen LogP contribution in [0.2, 0.25) is 0 Å². The Morgan fingerprint density at radius 2 is 2.22 bits per heavy atom. The van der Waals surface area contributed by atoms with Crippen LogP contribution < -0.4 is 5.32 Å². The summed E-state index contributed by atoms with van der Waals surface area (Å²) in [6.45, 7) is 4.95. The molecule has 1 atom stereocenters. The van der Waals surface area contributed by atoms with Gasteiger partial charge in [-0.1, -0.05) is 0 Å². The number of likely N-dealkylation sites (tertiary alicyclic amines) is 1. The molecule has 1 aliphatic heterocycles. The molecule has 0 aromatic carbocycles. The van der Waals surface area contributed by atoms with Gasteiger partial charge in [0.15, 0.2) is 0 Å². The van der Waals surface area contributed by atoms with Gasteiger partial charge in [-0.05, 0) is 39.3 Å². The molecule has 18 heavy (non-hydrogen) atoms. The standard InChI is InChI=1S/C13H24N2O3/c1-3-18-13(17)11-6-4-8-15(10-11)9-5-7-12(16)14-2/h11H,3-10H2,1-2H3,(H,14,16). The SMILES string of the molecule is CCOC(=O)C1CCCN(CCCC(=O)NC)C1. The molecular weight excluding hydrogens is 232 g/mol. The molecule has 1 unspecified atom stereocenters. The fraction of sp³-hybridized carbons (Fsp3) is 0.846. The summed E-state index contributed by atoms with van der Waals surface area (Å²) < 4.78 is 5.06. The van der Waals surface area contributed by atoms with Gasteiger partial charge in [0, 0.05) is 20.0 Å². The molecule has 0 radical (unpaired) electrons. The zero-order valence-electron chi connectivity index (χ0n) is 11.4. The second-order valence-electron chi connectivity index (χ2n) is 4.67. The number of carbonyl (C=O) groups excluding carboxylic acids is 2. The zero-order valence-corrected chi connectivity index (χ0v) is 11.4. The zero-order chi connectivity index (χ0) is 13.4. The van der Waals surface area contributed by atoms with E-state index in [9.17, 15) is 9.59 Å². The highest BCUT2D eigenvalue weighted by atomic mass is 16.5. The number of amides is 1. The highest BCUT2D eigenvalue weighted by molar-refractivity contribution is 5.75. The molecule has 0 saturated carbocycles. The van der Waals surface area contributed by atoms with Crippen LogP contribution in [0.4, 0.5) is 0 Å². The third kappa shape index (κ3) is 5.04. The molecule has 104 valence electrons. The first-order chi connectivity index (χ1) is 8.67. The van der Waals surface area contributed by atoms with E-state index in [2.05, 4.69) is 10.2 Å². The van der Waals surface area contributed by atoms with E-state index in [1.54, 1.807) is 7.05 Å². The molecule has 5 heteroatoms. The second kappa shape index (κ2) is 8.08. The van der Waals surface area contributed by atoms with Crippen molar-refractivity contribution in [3.05, 3.63) is 0 Å². The maximum atomic E-state index is 11.7. The van der Waals surface area contributed by atoms with E-state index < -0.39 is 0 Å². The molecule has 0 aliphatic carbocycles. The Hall–Kier alpha value is -1.10. The molecule has 0 aromatic rings. The van der Waals surface area contributed by atoms with Crippen LogP contribution >= 0.6 is 0 Å². The lowest BCUT2D eigenvalue weighted by atomic mass is 9.98. The van der Waals surface area contributed by atoms with Crippen LogP contribution in [-0.4, -0.2) is 50.1 Å². The van der Waals surface area contributed by atoms with Gasteiger partial charge in [0.2, 0.25) is 5.91 Å². The van der Waals surface area contributed by atoms with Gasteiger partial charge in [-0.25, -0.2) is 0 Å². The second-order valence-corrected chi connectivity index (χ2v) is 4.67. The minimum atomic E-state index is -0.0755. The lowest BCUT2D eigenvalue weighted by Crippen LogP contribution is -2.40. The van der Waals surface area contributed by atoms with E-state index in [4.69, 9.17) is 4.74 Å². The molecule has 1 amide bonds. The molecule has 1 heterocycles. The summed E-state index contributed by atoms with van der Waals surface area (Å²) in [6.07, 6.45) is 3.35. The average Bonchev–Trinajstić information content (AvgIpc) is 2.39. The van der Waals surface area contributed by atoms with Crippen LogP contribution in [0.3, 0.4) is 0 Å². The molecule has 1 N–H and O–H groups in total. The molecule has 1 fully saturated rings. The van der Waals surface area contributed by atoms with Crippen molar-refractivity contribution in [3.63, 3.8) is 0 Å². The third-order valence-corrected chi connectivity index (χ3v) is 3.28. The van der Waals surface area contributed by atoms with E-state index >= 15 is 0 Å². The maximum absolute atomic E-state index is 11.7. The van der Waals surface area contributed by atoms with Crippen molar-refractivity contribution in [3.8, 4) is 0 Å². The Kier molecular flexibility index (Phi) is 6.72. The normalized spacial score (nSPS) is 20.4. The van der Waals surface area contributed by atoms with Crippen molar-refractivity contribution in [1.82, 2.24) is 10.2 Å². The number of rotatable bonds is 6. The molecule has 1 aliphatic rings. The number of nitrogens with one attached hydrogen (secondary N) is 1. The number of ether oxygens (including phenoxy) is 1. The summed E-state index contributed by atoms with van der Waals surface area (Å²) in [7, 11) is 1.65. The summed E-state index contributed by atoms with van der Waals surface area (Å²) in [5.74, 6) is 0.0150. The number of nitrogens with zero attached hydrogens (tertiary/aromatic N) is 1. The maximum Gasteiger partial charge on any atom is 0.310 e. The minimum absolute atomic E-state index is 0.0127. The summed E-state index contributed by atoms with van der Waals surface area (Å²) in [5, 5.41) is 2.61. The first kappa shape index (κ1) is 15.0. The van der Waals surface area contributed by atoms with Gasteiger partial charge in [-0.3, -0.25) is 9.59 Å². The molecule has 5 nitrogen and oxygen atoms in total. The fourth-order valence-electron chi connectivity index (χ4n) is 2.30. The summed E-state index contributed by atoms with van der Waals surface area (Å²) in [5.41, 5.74) is 0. The minimum Gasteiger partial charge on any atom is -0.466 e. The third-order valence-electron chi connectivity index (χ3n) is 3.28. The van der Waals surface area contributed by atoms with Gasteiger partial charge in [0.1, 0.15) is 0 Å². The summed E-state index contributed by atoms with van der Waals surface area (Å²) in [6, 6.07) is 0. The van der Waals surface area contributed by atoms with Crippen molar-refractivity contribution < 1.29 is 14.3 Å². The van der Waals surface area contributed by atoms with E-state index in [0.717, 1.165) is 38.9 Å². The predicted molar refractivity (Wildman–Crippen MR) is 69.1 cm³/mol. The van der Waals surface area contributed by atoms with Crippen LogP contribution in [0.15, 0.2) is 0 Å². The van der Waals surface area contributed by atoms with Gasteiger partial charge in [0.05, 0.1) is 12.5 Å². The van der Waals surface area contributed by atoms with E-state index in [1.807, 2.05) is 6.92 Å². The first-order valence-electron chi connectivity index (χ1n) is 6.77. The molecule has 0 aromatic heterocycles. The van der Waals surface area contributed by atoms with E-state index in [0.29, 0.717) is 13.0 Å². The molecule has 0 bridgehead atoms. The number of piperidine rings is 1. The lowest BCUT2D eigenvalue weighted by molar-refractivity contribution is -0.150. The molecular formula is C13H24N2O3. The fourth-order valence-corrected chi connectivity index (χ4v) is 2.30. The van der Waals surface area contributed by atoms with Crippen LogP contribution in [0.1, 0.15) is 32.6 Å². The van der Waals surface area contributed by atoms with Crippen LogP contribution in [0.5, 0.6) is 0 Å². The Morgan fingerprint density at radius 3 is 2.89 bits per heavy atom. The van der Waals surface area contributed by atoms with Gasteiger partial charge >= 0.3 is 5.97 Å². The Morgan fingerprint density at radius 1 is 1.44 bits per heavy atom. The number of hydrogen-bond donors (Lipinski definition) is 1. The number of carbonyl (C=O) groups is 2. The molecule has 1 rings (SSSR count). The molecule has 1 saturated heterocycles. The van der Waals surface area contributed by atoms with Crippen molar-refractivity contribution in [1.29, 1.82) is 0 Å². The topological polar surface area (TPSA) is 58.6 Å². The monoisotopic (exact) mass is 256 g/mol. The Balaban J connectivity index is 2.26. The predicted octanol–water partition coefficient (Wildman–Crippen LogP) is 0.788. The Labute approximate surface area is 109 Å². The van der Waals surface area contributed by atoms with Crippen LogP contribution in [0, 0.1) is 5.92 Å². The highest BCUT2D eigenvalue weighted by Crippen LogP contribution is 2.18. The van der Waals surface area contributed by atoms with E-state index in [-0.39, 0.29) is 17.8 Å². The van der Waals surface area contributed by atoms with Crippen molar-refractivity contribution in [2.75, 3.05) is 33.3 Å². The first-order valence-corrected chi connectivity index (χ1v) is 6.77. The summed E-state index contributed by atoms with van der Waals surface area (Å²) in [4.78, 5) is 25.0. The Bertz CT molecular complexity index is 281. The van der Waals surface area contributed by atoms with Gasteiger partial charge in [0.25, 0.3) is 0 Å². The quantitative estimate of drug-likeness (QED) is 0.714. The largest absolute Gasteiger partial charge is 0.466 e. The lowest BCUT2D eigenvalue weighted by Gasteiger charge is -2.31. The van der Waals surface area contributed by atoms with Crippen LogP contribution in [0.25, 0.3) is 0 Å². The van der Waals surface area contributed by atoms with E-state index in [1.165, 1.54) is 0 Å². The van der Waals surface area contributed by atoms with Gasteiger partial charge in [-0.2, -0.15) is 0 Å². The molecule has 0 spiro atoms. The van der Waals surface area contributed by atoms with Crippen LogP contribution in [-0.2, 0) is 14.3 Å². The van der Waals surface area contributed by atoms with Gasteiger partial charge in [-0.15, -0.1) is 0 Å². The smallest absolute Gasteiger partial charge is 0.310 e. The van der Waals surface area contributed by atoms with Crippen molar-refractivity contribution in [2.24, 2.45) is 5.92 Å². The average molecular weight is 256 g/mol. The van der Waals surface area contributed by atoms with Crippen molar-refractivity contribution in [2.45, 2.75) is 32.6 Å². The number of esters is 1. The van der Waals surface area contributed by atoms with Gasteiger partial charge < -0.3 is 15.0 Å². The number of hydrogen-bond acceptors (Lipinski definition) is 4. The highest BCUT2D eigenvalue weighted by Gasteiger charge is 2.26.